The Morgan fingerprint density at radius 2 is 2.56 bits per heavy atom. The smallest absolute Gasteiger partial charge is 0.0347 e. The van der Waals surface area contributed by atoms with Gasteiger partial charge in [-0.3, -0.25) is 0 Å². The molecule has 1 radical (unpaired) electrons. The Kier molecular flexibility index (Phi) is 1.06. The van der Waals surface area contributed by atoms with Crippen LogP contribution in [0.4, 0.5) is 0 Å². The zero-order valence-corrected chi connectivity index (χ0v) is 6.03. The van der Waals surface area contributed by atoms with Crippen LogP contribution in [0.2, 0.25) is 0 Å². The highest BCUT2D eigenvalue weighted by Crippen LogP contribution is 2.41. The fraction of sp³-hybridized carbons (Fsp3) is 0.250. The van der Waals surface area contributed by atoms with Gasteiger partial charge in [-0.1, -0.05) is 30.0 Å². The molecule has 2 rings (SSSR count). The van der Waals surface area contributed by atoms with Crippen LogP contribution in [-0.2, 0) is 0 Å². The van der Waals surface area contributed by atoms with Crippen LogP contribution < -0.4 is 0 Å². The Labute approximate surface area is 59.3 Å². The van der Waals surface area contributed by atoms with Crippen LogP contribution in [0.3, 0.4) is 0 Å². The Hall–Kier alpha value is -0.430. The molecular formula is C8H7S. The lowest BCUT2D eigenvalue weighted by molar-refractivity contribution is 1.04. The molecule has 0 bridgehead atoms. The summed E-state index contributed by atoms with van der Waals surface area (Å²) in [5, 5.41) is 0. The predicted molar refractivity (Wildman–Crippen MR) is 40.7 cm³/mol. The lowest BCUT2D eigenvalue weighted by Gasteiger charge is -1.94. The quantitative estimate of drug-likeness (QED) is 0.492. The lowest BCUT2D eigenvalue weighted by Crippen LogP contribution is -1.81. The second-order valence-corrected chi connectivity index (χ2v) is 3.52. The molecular weight excluding hydrogens is 128 g/mol. The van der Waals surface area contributed by atoms with Crippen molar-refractivity contribution in [3.8, 4) is 0 Å². The molecule has 0 N–H and O–H groups in total. The summed E-state index contributed by atoms with van der Waals surface area (Å²) in [5.41, 5.74) is 0. The average Bonchev–Trinajstić information content (AvgIpc) is 2.22. The lowest BCUT2D eigenvalue weighted by atomic mass is 10.2. The van der Waals surface area contributed by atoms with E-state index in [1.165, 1.54) is 9.81 Å². The van der Waals surface area contributed by atoms with Gasteiger partial charge in [-0.15, -0.1) is 0 Å². The van der Waals surface area contributed by atoms with Crippen LogP contribution in [0, 0.1) is 12.0 Å². The Morgan fingerprint density at radius 1 is 1.67 bits per heavy atom. The Balaban J connectivity index is 2.35. The maximum atomic E-state index is 3.34. The highest BCUT2D eigenvalue weighted by Gasteiger charge is 2.19. The number of rotatable bonds is 0. The number of thioether (sulfide) groups is 1. The first-order valence-corrected chi connectivity index (χ1v) is 3.84. The molecule has 0 spiro atoms. The van der Waals surface area contributed by atoms with E-state index in [-0.39, 0.29) is 0 Å². The minimum atomic E-state index is 0.509. The highest BCUT2D eigenvalue weighted by atomic mass is 32.2. The van der Waals surface area contributed by atoms with E-state index in [9.17, 15) is 0 Å². The summed E-state index contributed by atoms with van der Waals surface area (Å²) in [7, 11) is 0. The summed E-state index contributed by atoms with van der Waals surface area (Å²) in [6.45, 7) is 2.11. The molecule has 1 unspecified atom stereocenters. The number of hydrogen-bond acceptors (Lipinski definition) is 1. The molecule has 45 valence electrons. The van der Waals surface area contributed by atoms with E-state index in [0.717, 1.165) is 0 Å². The van der Waals surface area contributed by atoms with E-state index in [2.05, 4.69) is 31.2 Å². The van der Waals surface area contributed by atoms with Gasteiger partial charge in [-0.25, -0.2) is 0 Å². The van der Waals surface area contributed by atoms with Gasteiger partial charge in [0, 0.05) is 10.8 Å². The summed E-state index contributed by atoms with van der Waals surface area (Å²) in [6, 6.07) is 0. The summed E-state index contributed by atoms with van der Waals surface area (Å²) >= 11 is 1.84. The molecule has 1 heteroatoms. The van der Waals surface area contributed by atoms with E-state index in [0.29, 0.717) is 5.92 Å². The first-order chi connectivity index (χ1) is 4.36. The zero-order valence-electron chi connectivity index (χ0n) is 5.22. The van der Waals surface area contributed by atoms with Gasteiger partial charge in [-0.05, 0) is 17.9 Å². The third-order valence-electron chi connectivity index (χ3n) is 1.50. The van der Waals surface area contributed by atoms with Crippen LogP contribution in [0.15, 0.2) is 28.0 Å². The minimum Gasteiger partial charge on any atom is -0.0980 e. The van der Waals surface area contributed by atoms with Crippen molar-refractivity contribution in [2.24, 2.45) is 5.92 Å². The van der Waals surface area contributed by atoms with Crippen molar-refractivity contribution in [3.05, 3.63) is 34.1 Å². The summed E-state index contributed by atoms with van der Waals surface area (Å²) in [4.78, 5) is 2.75. The van der Waals surface area contributed by atoms with Gasteiger partial charge in [0.2, 0.25) is 0 Å². The van der Waals surface area contributed by atoms with Crippen molar-refractivity contribution in [1.82, 2.24) is 0 Å². The van der Waals surface area contributed by atoms with E-state index >= 15 is 0 Å². The average molecular weight is 135 g/mol. The third kappa shape index (κ3) is 0.761. The molecule has 1 atom stereocenters. The molecule has 0 saturated carbocycles. The molecule has 1 aliphatic heterocycles. The van der Waals surface area contributed by atoms with E-state index in [1.807, 2.05) is 11.8 Å². The summed E-state index contributed by atoms with van der Waals surface area (Å²) in [5.74, 6) is 0.509. The fourth-order valence-electron chi connectivity index (χ4n) is 1.10. The minimum absolute atomic E-state index is 0.509. The standard InChI is InChI=1S/C8H7S/c1-6-5-7-3-2-4-8(7)9-6/h2-4,7H,1H3. The van der Waals surface area contributed by atoms with Crippen molar-refractivity contribution in [2.75, 3.05) is 0 Å². The molecule has 0 saturated heterocycles. The van der Waals surface area contributed by atoms with Gasteiger partial charge in [-0.2, -0.15) is 0 Å². The first-order valence-electron chi connectivity index (χ1n) is 3.02. The van der Waals surface area contributed by atoms with Gasteiger partial charge in [0.1, 0.15) is 0 Å². The zero-order chi connectivity index (χ0) is 6.27. The van der Waals surface area contributed by atoms with Crippen LogP contribution in [0.1, 0.15) is 6.92 Å². The van der Waals surface area contributed by atoms with E-state index < -0.39 is 0 Å². The number of allylic oxidation sites excluding steroid dienone is 6. The van der Waals surface area contributed by atoms with Gasteiger partial charge in [0.05, 0.1) is 0 Å². The van der Waals surface area contributed by atoms with Gasteiger partial charge in [0.25, 0.3) is 0 Å². The molecule has 0 amide bonds. The van der Waals surface area contributed by atoms with Gasteiger partial charge < -0.3 is 0 Å². The predicted octanol–water partition coefficient (Wildman–Crippen LogP) is 2.51. The second kappa shape index (κ2) is 1.77. The molecule has 9 heavy (non-hydrogen) atoms. The largest absolute Gasteiger partial charge is 0.0980 e. The van der Waals surface area contributed by atoms with Crippen LogP contribution in [0.25, 0.3) is 0 Å². The van der Waals surface area contributed by atoms with E-state index in [4.69, 9.17) is 0 Å². The molecule has 0 aromatic rings. The fourth-order valence-corrected chi connectivity index (χ4v) is 2.05. The summed E-state index contributed by atoms with van der Waals surface area (Å²) in [6.07, 6.45) is 9.79. The van der Waals surface area contributed by atoms with Crippen molar-refractivity contribution < 1.29 is 0 Å². The Bertz CT molecular complexity index is 221. The number of fused-ring (bicyclic) bond motifs is 1. The van der Waals surface area contributed by atoms with Gasteiger partial charge >= 0.3 is 0 Å². The molecule has 0 nitrogen and oxygen atoms in total. The van der Waals surface area contributed by atoms with Crippen LogP contribution in [-0.4, -0.2) is 0 Å². The second-order valence-electron chi connectivity index (χ2n) is 2.23. The third-order valence-corrected chi connectivity index (χ3v) is 2.55. The van der Waals surface area contributed by atoms with Crippen molar-refractivity contribution in [1.29, 1.82) is 0 Å². The Morgan fingerprint density at radius 3 is 3.33 bits per heavy atom. The molecule has 0 aromatic carbocycles. The van der Waals surface area contributed by atoms with Crippen molar-refractivity contribution in [3.63, 3.8) is 0 Å². The maximum absolute atomic E-state index is 3.34. The molecule has 1 heterocycles. The van der Waals surface area contributed by atoms with Crippen molar-refractivity contribution in [2.45, 2.75) is 6.92 Å². The molecule has 0 aromatic heterocycles. The normalized spacial score (nSPS) is 30.1. The van der Waals surface area contributed by atoms with Crippen LogP contribution in [0.5, 0.6) is 0 Å². The summed E-state index contributed by atoms with van der Waals surface area (Å²) < 4.78 is 0. The van der Waals surface area contributed by atoms with Crippen LogP contribution >= 0.6 is 11.8 Å². The van der Waals surface area contributed by atoms with Crippen molar-refractivity contribution >= 4 is 11.8 Å². The topological polar surface area (TPSA) is 0 Å². The molecule has 1 aliphatic carbocycles. The molecule has 0 fully saturated rings. The first kappa shape index (κ1) is 5.36. The number of hydrogen-bond donors (Lipinski definition) is 0. The van der Waals surface area contributed by atoms with Gasteiger partial charge in [0.15, 0.2) is 0 Å². The maximum Gasteiger partial charge on any atom is 0.0347 e. The van der Waals surface area contributed by atoms with E-state index in [1.54, 1.807) is 0 Å². The monoisotopic (exact) mass is 135 g/mol. The SMILES string of the molecule is CC1=[C]C2C=CC=C2S1. The highest BCUT2D eigenvalue weighted by molar-refractivity contribution is 8.07. The molecule has 2 aliphatic rings.